The quantitative estimate of drug-likeness (QED) is 0.775. The highest BCUT2D eigenvalue weighted by Gasteiger charge is 2.11. The van der Waals surface area contributed by atoms with E-state index in [-0.39, 0.29) is 12.0 Å². The van der Waals surface area contributed by atoms with Gasteiger partial charge in [-0.25, -0.2) is 8.78 Å². The fraction of sp³-hybridized carbons (Fsp3) is 0.333. The van der Waals surface area contributed by atoms with Gasteiger partial charge in [0.15, 0.2) is 0 Å². The highest BCUT2D eigenvalue weighted by Crippen LogP contribution is 2.18. The lowest BCUT2D eigenvalue weighted by molar-refractivity contribution is 0.434. The monoisotopic (exact) mass is 189 g/mol. The van der Waals surface area contributed by atoms with Gasteiger partial charge in [0.2, 0.25) is 0 Å². The van der Waals surface area contributed by atoms with E-state index in [1.165, 1.54) is 0 Å². The molecule has 4 heteroatoms. The van der Waals surface area contributed by atoms with E-state index in [4.69, 9.17) is 5.73 Å². The van der Waals surface area contributed by atoms with E-state index in [1.807, 2.05) is 0 Å². The van der Waals surface area contributed by atoms with Crippen LogP contribution < -0.4 is 5.73 Å². The molecule has 0 fully saturated rings. The Bertz CT molecular complexity index is 288. The van der Waals surface area contributed by atoms with Crippen molar-refractivity contribution in [3.63, 3.8) is 0 Å². The van der Waals surface area contributed by atoms with Crippen molar-refractivity contribution >= 4 is 0 Å². The van der Waals surface area contributed by atoms with Gasteiger partial charge in [0, 0.05) is 11.6 Å². The molecular weight excluding hydrogens is 179 g/mol. The standard InChI is InChI=1S/C9H10F3N/c10-4-3-9(13)7-5-6(11)1-2-8(7)12/h1-2,5,9H,3-4,13H2/t9-/m1/s1. The van der Waals surface area contributed by atoms with Gasteiger partial charge >= 0.3 is 0 Å². The third-order valence-electron chi connectivity index (χ3n) is 1.78. The molecule has 2 N–H and O–H groups in total. The van der Waals surface area contributed by atoms with Crippen LogP contribution in [0.2, 0.25) is 0 Å². The number of hydrogen-bond donors (Lipinski definition) is 1. The van der Waals surface area contributed by atoms with E-state index < -0.39 is 24.4 Å². The number of halogens is 3. The first-order valence-electron chi connectivity index (χ1n) is 3.91. The van der Waals surface area contributed by atoms with Crippen LogP contribution in [-0.4, -0.2) is 6.67 Å². The summed E-state index contributed by atoms with van der Waals surface area (Å²) in [7, 11) is 0. The van der Waals surface area contributed by atoms with Crippen LogP contribution in [-0.2, 0) is 0 Å². The third-order valence-corrected chi connectivity index (χ3v) is 1.78. The first-order valence-corrected chi connectivity index (χ1v) is 3.91. The molecule has 1 nitrogen and oxygen atoms in total. The van der Waals surface area contributed by atoms with Crippen molar-refractivity contribution in [3.8, 4) is 0 Å². The van der Waals surface area contributed by atoms with E-state index in [2.05, 4.69) is 0 Å². The van der Waals surface area contributed by atoms with Crippen LogP contribution in [0.4, 0.5) is 13.2 Å². The summed E-state index contributed by atoms with van der Waals surface area (Å²) in [5, 5.41) is 0. The molecule has 0 amide bonds. The molecule has 0 aliphatic rings. The molecule has 13 heavy (non-hydrogen) atoms. The molecule has 0 unspecified atom stereocenters. The molecule has 1 aromatic carbocycles. The summed E-state index contributed by atoms with van der Waals surface area (Å²) in [6, 6.07) is 2.21. The summed E-state index contributed by atoms with van der Waals surface area (Å²) < 4.78 is 37.5. The molecule has 0 aromatic heterocycles. The Morgan fingerprint density at radius 2 is 2.00 bits per heavy atom. The molecule has 0 spiro atoms. The van der Waals surface area contributed by atoms with E-state index in [9.17, 15) is 13.2 Å². The molecule has 1 atom stereocenters. The van der Waals surface area contributed by atoms with Gasteiger partial charge in [-0.3, -0.25) is 4.39 Å². The second-order valence-electron chi connectivity index (χ2n) is 2.75. The molecule has 1 rings (SSSR count). The summed E-state index contributed by atoms with van der Waals surface area (Å²) >= 11 is 0. The number of rotatable bonds is 3. The first kappa shape index (κ1) is 10.1. The average Bonchev–Trinajstić information content (AvgIpc) is 2.09. The lowest BCUT2D eigenvalue weighted by Crippen LogP contribution is -2.13. The van der Waals surface area contributed by atoms with Gasteiger partial charge in [-0.05, 0) is 24.6 Å². The molecule has 0 aliphatic carbocycles. The Hall–Kier alpha value is -1.03. The SMILES string of the molecule is N[C@H](CCF)c1cc(F)ccc1F. The summed E-state index contributed by atoms with van der Waals surface area (Å²) in [6.07, 6.45) is 0.000370. The highest BCUT2D eigenvalue weighted by atomic mass is 19.1. The zero-order valence-corrected chi connectivity index (χ0v) is 6.93. The molecule has 0 heterocycles. The van der Waals surface area contributed by atoms with Crippen molar-refractivity contribution in [2.24, 2.45) is 5.73 Å². The predicted octanol–water partition coefficient (Wildman–Crippen LogP) is 2.32. The maximum Gasteiger partial charge on any atom is 0.128 e. The van der Waals surface area contributed by atoms with Crippen LogP contribution in [0.1, 0.15) is 18.0 Å². The first-order chi connectivity index (χ1) is 6.15. The van der Waals surface area contributed by atoms with Crippen LogP contribution in [0.5, 0.6) is 0 Å². The molecule has 0 saturated carbocycles. The van der Waals surface area contributed by atoms with Crippen LogP contribution in [0.3, 0.4) is 0 Å². The van der Waals surface area contributed by atoms with Crippen molar-refractivity contribution in [1.29, 1.82) is 0 Å². The zero-order valence-electron chi connectivity index (χ0n) is 6.93. The number of alkyl halides is 1. The van der Waals surface area contributed by atoms with Gasteiger partial charge in [-0.1, -0.05) is 0 Å². The molecule has 0 radical (unpaired) electrons. The summed E-state index contributed by atoms with van der Waals surface area (Å²) in [5.41, 5.74) is 5.45. The fourth-order valence-corrected chi connectivity index (χ4v) is 1.07. The van der Waals surface area contributed by atoms with Gasteiger partial charge < -0.3 is 5.73 Å². The van der Waals surface area contributed by atoms with Crippen LogP contribution in [0.25, 0.3) is 0 Å². The van der Waals surface area contributed by atoms with Crippen LogP contribution in [0, 0.1) is 11.6 Å². The van der Waals surface area contributed by atoms with Gasteiger partial charge in [-0.15, -0.1) is 0 Å². The topological polar surface area (TPSA) is 26.0 Å². The Labute approximate surface area is 74.4 Å². The van der Waals surface area contributed by atoms with Crippen LogP contribution in [0.15, 0.2) is 18.2 Å². The van der Waals surface area contributed by atoms with Crippen molar-refractivity contribution < 1.29 is 13.2 Å². The molecular formula is C9H10F3N. The van der Waals surface area contributed by atoms with Crippen molar-refractivity contribution in [2.45, 2.75) is 12.5 Å². The predicted molar refractivity (Wildman–Crippen MR) is 43.9 cm³/mol. The molecule has 1 aromatic rings. The largest absolute Gasteiger partial charge is 0.324 e. The van der Waals surface area contributed by atoms with Crippen LogP contribution >= 0.6 is 0 Å². The zero-order chi connectivity index (χ0) is 9.84. The maximum absolute atomic E-state index is 13.0. The minimum absolute atomic E-state index is 0.000370. The molecule has 0 aliphatic heterocycles. The third kappa shape index (κ3) is 2.45. The van der Waals surface area contributed by atoms with Gasteiger partial charge in [0.05, 0.1) is 6.67 Å². The molecule has 0 saturated heterocycles. The number of hydrogen-bond acceptors (Lipinski definition) is 1. The van der Waals surface area contributed by atoms with E-state index in [0.717, 1.165) is 18.2 Å². The molecule has 0 bridgehead atoms. The Morgan fingerprint density at radius 3 is 2.62 bits per heavy atom. The van der Waals surface area contributed by atoms with E-state index in [0.29, 0.717) is 0 Å². The lowest BCUT2D eigenvalue weighted by atomic mass is 10.0. The maximum atomic E-state index is 13.0. The smallest absolute Gasteiger partial charge is 0.128 e. The van der Waals surface area contributed by atoms with Gasteiger partial charge in [0.1, 0.15) is 11.6 Å². The highest BCUT2D eigenvalue weighted by molar-refractivity contribution is 5.21. The Morgan fingerprint density at radius 1 is 1.31 bits per heavy atom. The number of benzene rings is 1. The van der Waals surface area contributed by atoms with E-state index >= 15 is 0 Å². The summed E-state index contributed by atoms with van der Waals surface area (Å²) in [5.74, 6) is -1.16. The second kappa shape index (κ2) is 4.28. The minimum Gasteiger partial charge on any atom is -0.324 e. The Balaban J connectivity index is 2.91. The number of nitrogens with two attached hydrogens (primary N) is 1. The fourth-order valence-electron chi connectivity index (χ4n) is 1.07. The normalized spacial score (nSPS) is 12.9. The van der Waals surface area contributed by atoms with Crippen molar-refractivity contribution in [3.05, 3.63) is 35.4 Å². The summed E-state index contributed by atoms with van der Waals surface area (Å²) in [4.78, 5) is 0. The lowest BCUT2D eigenvalue weighted by Gasteiger charge is -2.10. The van der Waals surface area contributed by atoms with Gasteiger partial charge in [-0.2, -0.15) is 0 Å². The Kier molecular flexibility index (Phi) is 3.31. The van der Waals surface area contributed by atoms with E-state index in [1.54, 1.807) is 0 Å². The molecule has 72 valence electrons. The average molecular weight is 189 g/mol. The van der Waals surface area contributed by atoms with Crippen molar-refractivity contribution in [2.75, 3.05) is 6.67 Å². The minimum atomic E-state index is -0.777. The second-order valence-corrected chi connectivity index (χ2v) is 2.75. The summed E-state index contributed by atoms with van der Waals surface area (Å²) in [6.45, 7) is -0.642. The van der Waals surface area contributed by atoms with Crippen molar-refractivity contribution in [1.82, 2.24) is 0 Å². The van der Waals surface area contributed by atoms with Gasteiger partial charge in [0.25, 0.3) is 0 Å².